The molecule has 0 spiro atoms. The predicted octanol–water partition coefficient (Wildman–Crippen LogP) is 8.77. The largest absolute Gasteiger partial charge is 0.478 e. The quantitative estimate of drug-likeness (QED) is 0.0804. The molecule has 2 aromatic heterocycles. The van der Waals surface area contributed by atoms with Gasteiger partial charge in [0.1, 0.15) is 45.9 Å². The summed E-state index contributed by atoms with van der Waals surface area (Å²) < 4.78 is 69.2. The SMILES string of the molecule is COC(=O)c1ccc([C@H](C)NC(=O)c2cc(F)cnc2Oc2ccc(F)cc2)cc1.C[C@H](NC(=O)c1cc(F)cnc1Oc1ccc(F)cc1)c1ccc(C(=O)O)cc1. The molecular formula is C43H34F4N4O8. The number of pyridine rings is 2. The molecule has 6 aromatic rings. The van der Waals surface area contributed by atoms with Crippen LogP contribution in [-0.4, -0.2) is 45.9 Å². The van der Waals surface area contributed by atoms with Gasteiger partial charge in [-0.05, 0) is 110 Å². The number of carboxylic acids is 1. The van der Waals surface area contributed by atoms with E-state index in [0.717, 1.165) is 30.1 Å². The van der Waals surface area contributed by atoms with Gasteiger partial charge in [-0.3, -0.25) is 9.59 Å². The molecule has 0 unspecified atom stereocenters. The second-order valence-electron chi connectivity index (χ2n) is 12.6. The molecule has 0 fully saturated rings. The fourth-order valence-corrected chi connectivity index (χ4v) is 5.23. The van der Waals surface area contributed by atoms with Crippen molar-refractivity contribution in [3.05, 3.63) is 178 Å². The fourth-order valence-electron chi connectivity index (χ4n) is 5.23. The van der Waals surface area contributed by atoms with Crippen molar-refractivity contribution < 1.29 is 56.1 Å². The molecule has 0 aliphatic heterocycles. The van der Waals surface area contributed by atoms with Crippen LogP contribution in [0.15, 0.2) is 122 Å². The molecule has 302 valence electrons. The third-order valence-electron chi connectivity index (χ3n) is 8.37. The van der Waals surface area contributed by atoms with E-state index in [-0.39, 0.29) is 39.9 Å². The summed E-state index contributed by atoms with van der Waals surface area (Å²) in [6.45, 7) is 3.43. The molecule has 0 saturated heterocycles. The number of carbonyl (C=O) groups is 4. The number of methoxy groups -OCH3 is 1. The minimum Gasteiger partial charge on any atom is -0.478 e. The Hall–Kier alpha value is -7.62. The van der Waals surface area contributed by atoms with Crippen LogP contribution in [0.3, 0.4) is 0 Å². The number of nitrogens with one attached hydrogen (secondary N) is 2. The number of nitrogens with zero attached hydrogens (tertiary/aromatic N) is 2. The van der Waals surface area contributed by atoms with Crippen LogP contribution in [-0.2, 0) is 4.74 Å². The maximum absolute atomic E-state index is 13.7. The average molecular weight is 811 g/mol. The van der Waals surface area contributed by atoms with E-state index in [1.807, 2.05) is 0 Å². The molecule has 59 heavy (non-hydrogen) atoms. The monoisotopic (exact) mass is 810 g/mol. The highest BCUT2D eigenvalue weighted by Gasteiger charge is 2.21. The normalized spacial score (nSPS) is 11.5. The maximum Gasteiger partial charge on any atom is 0.337 e. The lowest BCUT2D eigenvalue weighted by Crippen LogP contribution is -2.27. The molecule has 2 atom stereocenters. The second kappa shape index (κ2) is 19.5. The van der Waals surface area contributed by atoms with Gasteiger partial charge in [0, 0.05) is 0 Å². The summed E-state index contributed by atoms with van der Waals surface area (Å²) in [6.07, 6.45) is 1.83. The van der Waals surface area contributed by atoms with Crippen LogP contribution in [0, 0.1) is 23.3 Å². The molecule has 0 aliphatic carbocycles. The van der Waals surface area contributed by atoms with Crippen molar-refractivity contribution in [3.63, 3.8) is 0 Å². The van der Waals surface area contributed by atoms with Gasteiger partial charge in [-0.2, -0.15) is 0 Å². The van der Waals surface area contributed by atoms with E-state index in [2.05, 4.69) is 25.3 Å². The van der Waals surface area contributed by atoms with E-state index in [9.17, 15) is 36.7 Å². The Morgan fingerprint density at radius 3 is 1.29 bits per heavy atom. The van der Waals surface area contributed by atoms with Gasteiger partial charge in [0.25, 0.3) is 11.8 Å². The van der Waals surface area contributed by atoms with Crippen molar-refractivity contribution in [1.82, 2.24) is 20.6 Å². The Labute approximate surface area is 334 Å². The van der Waals surface area contributed by atoms with Crippen LogP contribution in [0.1, 0.15) is 78.5 Å². The molecule has 2 amide bonds. The van der Waals surface area contributed by atoms with Gasteiger partial charge in [0.15, 0.2) is 0 Å². The lowest BCUT2D eigenvalue weighted by Gasteiger charge is -2.16. The van der Waals surface area contributed by atoms with E-state index >= 15 is 0 Å². The Morgan fingerprint density at radius 1 is 0.559 bits per heavy atom. The van der Waals surface area contributed by atoms with Crippen LogP contribution in [0.25, 0.3) is 0 Å². The number of hydrogen-bond donors (Lipinski definition) is 3. The molecule has 0 saturated carbocycles. The highest BCUT2D eigenvalue weighted by molar-refractivity contribution is 5.97. The first-order valence-electron chi connectivity index (χ1n) is 17.5. The summed E-state index contributed by atoms with van der Waals surface area (Å²) >= 11 is 0. The molecule has 0 bridgehead atoms. The number of aromatic nitrogens is 2. The summed E-state index contributed by atoms with van der Waals surface area (Å²) in [4.78, 5) is 55.5. The summed E-state index contributed by atoms with van der Waals surface area (Å²) in [7, 11) is 1.29. The van der Waals surface area contributed by atoms with E-state index in [1.54, 1.807) is 50.2 Å². The van der Waals surface area contributed by atoms with Crippen molar-refractivity contribution >= 4 is 23.8 Å². The standard InChI is InChI=1S/C22H18F2N2O4.C21H16F2N2O4/c1-13(14-3-5-15(6-4-14)22(28)29-2)26-20(27)19-11-17(24)12-25-21(19)30-18-9-7-16(23)8-10-18;1-12(13-2-4-14(5-3-13)21(27)28)25-19(26)18-10-16(23)11-24-20(18)29-17-8-6-15(22)7-9-17/h3-13H,1-2H3,(H,26,27);2-12H,1H3,(H,25,26)(H,27,28)/t13-;12-/m00/s1. The number of aromatic carboxylic acids is 1. The zero-order valence-corrected chi connectivity index (χ0v) is 31.4. The van der Waals surface area contributed by atoms with E-state index < -0.39 is 59.1 Å². The zero-order chi connectivity index (χ0) is 42.6. The van der Waals surface area contributed by atoms with E-state index in [4.69, 9.17) is 14.6 Å². The fraction of sp³-hybridized carbons (Fsp3) is 0.116. The number of carbonyl (C=O) groups excluding carboxylic acids is 3. The number of benzene rings is 4. The van der Waals surface area contributed by atoms with Crippen LogP contribution in [0.5, 0.6) is 23.3 Å². The number of ether oxygens (including phenoxy) is 3. The summed E-state index contributed by atoms with van der Waals surface area (Å²) in [5.74, 6) is -4.86. The highest BCUT2D eigenvalue weighted by Crippen LogP contribution is 2.27. The third-order valence-corrected chi connectivity index (χ3v) is 8.37. The predicted molar refractivity (Wildman–Crippen MR) is 204 cm³/mol. The van der Waals surface area contributed by atoms with E-state index in [1.165, 1.54) is 67.8 Å². The minimum absolute atomic E-state index is 0.114. The lowest BCUT2D eigenvalue weighted by atomic mass is 10.1. The maximum atomic E-state index is 13.7. The first-order valence-corrected chi connectivity index (χ1v) is 17.5. The van der Waals surface area contributed by atoms with Crippen molar-refractivity contribution in [1.29, 1.82) is 0 Å². The van der Waals surface area contributed by atoms with E-state index in [0.29, 0.717) is 11.1 Å². The third kappa shape index (κ3) is 11.7. The van der Waals surface area contributed by atoms with Crippen molar-refractivity contribution in [2.75, 3.05) is 7.11 Å². The molecule has 16 heteroatoms. The van der Waals surface area contributed by atoms with Gasteiger partial charge >= 0.3 is 11.9 Å². The average Bonchev–Trinajstić information content (AvgIpc) is 3.23. The van der Waals surface area contributed by atoms with Crippen molar-refractivity contribution in [2.45, 2.75) is 25.9 Å². The van der Waals surface area contributed by atoms with Crippen LogP contribution >= 0.6 is 0 Å². The van der Waals surface area contributed by atoms with Crippen LogP contribution in [0.2, 0.25) is 0 Å². The van der Waals surface area contributed by atoms with Gasteiger partial charge in [-0.25, -0.2) is 37.1 Å². The number of carboxylic acid groups (broad SMARTS) is 1. The number of rotatable bonds is 12. The molecule has 4 aromatic carbocycles. The Balaban J connectivity index is 0.000000224. The summed E-state index contributed by atoms with van der Waals surface area (Å²) in [6, 6.07) is 23.8. The smallest absolute Gasteiger partial charge is 0.337 e. The number of hydrogen-bond acceptors (Lipinski definition) is 9. The number of halogens is 4. The van der Waals surface area contributed by atoms with Crippen molar-refractivity contribution in [2.24, 2.45) is 0 Å². The van der Waals surface area contributed by atoms with Gasteiger partial charge in [0.05, 0.1) is 42.7 Å². The van der Waals surface area contributed by atoms with Gasteiger partial charge < -0.3 is 30.0 Å². The second-order valence-corrected chi connectivity index (χ2v) is 12.6. The first kappa shape index (κ1) is 42.5. The van der Waals surface area contributed by atoms with Crippen LogP contribution < -0.4 is 20.1 Å². The molecule has 12 nitrogen and oxygen atoms in total. The summed E-state index contributed by atoms with van der Waals surface area (Å²) in [5.41, 5.74) is 1.64. The highest BCUT2D eigenvalue weighted by atomic mass is 19.1. The Morgan fingerprint density at radius 2 is 0.932 bits per heavy atom. The minimum atomic E-state index is -1.05. The zero-order valence-electron chi connectivity index (χ0n) is 31.4. The Bertz CT molecular complexity index is 2430. The summed E-state index contributed by atoms with van der Waals surface area (Å²) in [5, 5.41) is 14.4. The van der Waals surface area contributed by atoms with Crippen molar-refractivity contribution in [3.8, 4) is 23.3 Å². The Kier molecular flexibility index (Phi) is 14.1. The van der Waals surface area contributed by atoms with Gasteiger partial charge in [-0.15, -0.1) is 0 Å². The first-order chi connectivity index (χ1) is 28.2. The number of amides is 2. The van der Waals surface area contributed by atoms with Gasteiger partial charge in [-0.1, -0.05) is 24.3 Å². The lowest BCUT2D eigenvalue weighted by molar-refractivity contribution is 0.0599. The van der Waals surface area contributed by atoms with Gasteiger partial charge in [0.2, 0.25) is 11.8 Å². The molecule has 0 radical (unpaired) electrons. The molecule has 6 rings (SSSR count). The number of esters is 1. The molecular weight excluding hydrogens is 776 g/mol. The topological polar surface area (TPSA) is 166 Å². The molecule has 0 aliphatic rings. The molecule has 2 heterocycles. The van der Waals surface area contributed by atoms with Crippen LogP contribution in [0.4, 0.5) is 17.6 Å². The molecule has 3 N–H and O–H groups in total.